The lowest BCUT2D eigenvalue weighted by atomic mass is 9.92. The molecule has 118 valence electrons. The van der Waals surface area contributed by atoms with Gasteiger partial charge in [-0.3, -0.25) is 0 Å². The van der Waals surface area contributed by atoms with Crippen LogP contribution in [0.5, 0.6) is 0 Å². The molecule has 0 aromatic carbocycles. The predicted octanol–water partition coefficient (Wildman–Crippen LogP) is 2.78. The van der Waals surface area contributed by atoms with Crippen LogP contribution < -0.4 is 5.32 Å². The number of aliphatic hydroxyl groups excluding tert-OH is 1. The predicted molar refractivity (Wildman–Crippen MR) is 85.0 cm³/mol. The van der Waals surface area contributed by atoms with Crippen LogP contribution in [0.3, 0.4) is 0 Å². The monoisotopic (exact) mass is 282 g/mol. The zero-order valence-corrected chi connectivity index (χ0v) is 13.5. The van der Waals surface area contributed by atoms with Crippen molar-refractivity contribution in [3.8, 4) is 0 Å². The Morgan fingerprint density at radius 3 is 2.45 bits per heavy atom. The molecule has 1 atom stereocenters. The van der Waals surface area contributed by atoms with Crippen molar-refractivity contribution in [2.24, 2.45) is 5.92 Å². The first-order chi connectivity index (χ1) is 9.65. The summed E-state index contributed by atoms with van der Waals surface area (Å²) in [6.45, 7) is 8.53. The summed E-state index contributed by atoms with van der Waals surface area (Å²) in [5.74, 6) is 0.982. The van der Waals surface area contributed by atoms with Gasteiger partial charge in [0.25, 0.3) is 0 Å². The molecule has 0 radical (unpaired) electrons. The number of piperidine rings is 1. The van der Waals surface area contributed by atoms with Crippen LogP contribution in [0.15, 0.2) is 0 Å². The van der Waals surface area contributed by atoms with E-state index in [2.05, 4.69) is 24.1 Å². The van der Waals surface area contributed by atoms with Gasteiger partial charge in [-0.05, 0) is 71.0 Å². The van der Waals surface area contributed by atoms with Crippen molar-refractivity contribution in [3.63, 3.8) is 0 Å². The molecular weight excluding hydrogens is 248 g/mol. The van der Waals surface area contributed by atoms with Crippen molar-refractivity contribution < 1.29 is 5.11 Å². The molecule has 3 nitrogen and oxygen atoms in total. The molecule has 0 bridgehead atoms. The maximum absolute atomic E-state index is 9.62. The van der Waals surface area contributed by atoms with Crippen molar-refractivity contribution in [1.29, 1.82) is 0 Å². The Kier molecular flexibility index (Phi) is 6.31. The van der Waals surface area contributed by atoms with E-state index in [1.54, 1.807) is 0 Å². The van der Waals surface area contributed by atoms with Gasteiger partial charge in [0.1, 0.15) is 0 Å². The van der Waals surface area contributed by atoms with Gasteiger partial charge < -0.3 is 15.3 Å². The molecule has 20 heavy (non-hydrogen) atoms. The summed E-state index contributed by atoms with van der Waals surface area (Å²) >= 11 is 0. The molecule has 2 N–H and O–H groups in total. The lowest BCUT2D eigenvalue weighted by Crippen LogP contribution is -2.47. The Hall–Kier alpha value is -0.120. The zero-order chi connectivity index (χ0) is 14.4. The van der Waals surface area contributed by atoms with E-state index in [1.807, 2.05) is 0 Å². The minimum atomic E-state index is -0.0539. The van der Waals surface area contributed by atoms with Gasteiger partial charge in [0, 0.05) is 11.6 Å². The molecule has 1 aliphatic carbocycles. The molecule has 0 spiro atoms. The molecular formula is C17H34N2O. The Balaban J connectivity index is 1.60. The highest BCUT2D eigenvalue weighted by Crippen LogP contribution is 2.25. The maximum atomic E-state index is 9.62. The van der Waals surface area contributed by atoms with Gasteiger partial charge in [-0.15, -0.1) is 0 Å². The summed E-state index contributed by atoms with van der Waals surface area (Å²) in [5, 5.41) is 13.2. The molecule has 1 aliphatic heterocycles. The van der Waals surface area contributed by atoms with Crippen LogP contribution in [-0.2, 0) is 0 Å². The van der Waals surface area contributed by atoms with Gasteiger partial charge in [0.05, 0.1) is 6.61 Å². The van der Waals surface area contributed by atoms with Crippen molar-refractivity contribution in [1.82, 2.24) is 10.2 Å². The minimum Gasteiger partial charge on any atom is -0.394 e. The minimum absolute atomic E-state index is 0.0539. The number of hydrogen-bond donors (Lipinski definition) is 2. The van der Waals surface area contributed by atoms with Crippen LogP contribution in [-0.4, -0.2) is 47.8 Å². The number of likely N-dealkylation sites (tertiary alicyclic amines) is 1. The van der Waals surface area contributed by atoms with E-state index < -0.39 is 0 Å². The van der Waals surface area contributed by atoms with Crippen molar-refractivity contribution >= 4 is 0 Å². The first kappa shape index (κ1) is 16.3. The lowest BCUT2D eigenvalue weighted by Gasteiger charge is -2.34. The van der Waals surface area contributed by atoms with E-state index in [4.69, 9.17) is 0 Å². The lowest BCUT2D eigenvalue weighted by molar-refractivity contribution is 0.142. The first-order valence-electron chi connectivity index (χ1n) is 8.76. The van der Waals surface area contributed by atoms with Gasteiger partial charge in [-0.1, -0.05) is 19.8 Å². The van der Waals surface area contributed by atoms with Crippen LogP contribution in [0.25, 0.3) is 0 Å². The SMILES string of the molecule is CCCC1CCN(CCCC(C)(CO)NC2CC2)CC1. The number of aliphatic hydroxyl groups is 1. The molecule has 1 unspecified atom stereocenters. The third-order valence-electron chi connectivity index (χ3n) is 5.09. The van der Waals surface area contributed by atoms with Crippen molar-refractivity contribution in [2.45, 2.75) is 76.8 Å². The van der Waals surface area contributed by atoms with Crippen molar-refractivity contribution in [2.75, 3.05) is 26.2 Å². The Morgan fingerprint density at radius 1 is 1.20 bits per heavy atom. The fourth-order valence-corrected chi connectivity index (χ4v) is 3.52. The fraction of sp³-hybridized carbons (Fsp3) is 1.00. The summed E-state index contributed by atoms with van der Waals surface area (Å²) in [5.41, 5.74) is -0.0539. The highest BCUT2D eigenvalue weighted by molar-refractivity contribution is 4.92. The molecule has 1 saturated carbocycles. The van der Waals surface area contributed by atoms with Crippen LogP contribution >= 0.6 is 0 Å². The Bertz CT molecular complexity index is 272. The largest absolute Gasteiger partial charge is 0.394 e. The topological polar surface area (TPSA) is 35.5 Å². The normalized spacial score (nSPS) is 24.8. The summed E-state index contributed by atoms with van der Waals surface area (Å²) in [7, 11) is 0. The summed E-state index contributed by atoms with van der Waals surface area (Å²) in [4.78, 5) is 2.63. The van der Waals surface area contributed by atoms with Crippen LogP contribution in [0, 0.1) is 5.92 Å². The van der Waals surface area contributed by atoms with E-state index >= 15 is 0 Å². The molecule has 2 fully saturated rings. The maximum Gasteiger partial charge on any atom is 0.0610 e. The summed E-state index contributed by atoms with van der Waals surface area (Å²) in [6, 6.07) is 0.678. The molecule has 1 heterocycles. The van der Waals surface area contributed by atoms with Crippen LogP contribution in [0.1, 0.15) is 65.2 Å². The molecule has 0 amide bonds. The van der Waals surface area contributed by atoms with Gasteiger partial charge >= 0.3 is 0 Å². The van der Waals surface area contributed by atoms with Gasteiger partial charge in [0.15, 0.2) is 0 Å². The summed E-state index contributed by atoms with van der Waals surface area (Å²) in [6.07, 6.45) is 10.4. The Morgan fingerprint density at radius 2 is 1.90 bits per heavy atom. The number of nitrogens with zero attached hydrogens (tertiary/aromatic N) is 1. The standard InChI is InChI=1S/C17H34N2O/c1-3-5-15-8-12-19(13-9-15)11-4-10-17(2,14-20)18-16-6-7-16/h15-16,18,20H,3-14H2,1-2H3. The van der Waals surface area contributed by atoms with Gasteiger partial charge in [-0.2, -0.15) is 0 Å². The second kappa shape index (κ2) is 7.77. The third kappa shape index (κ3) is 5.34. The molecule has 2 aliphatic rings. The smallest absolute Gasteiger partial charge is 0.0610 e. The average Bonchev–Trinajstić information content (AvgIpc) is 3.25. The van der Waals surface area contributed by atoms with Gasteiger partial charge in [-0.25, -0.2) is 0 Å². The quantitative estimate of drug-likeness (QED) is 0.682. The number of rotatable bonds is 9. The average molecular weight is 282 g/mol. The molecule has 0 aromatic rings. The number of nitrogens with one attached hydrogen (secondary N) is 1. The molecule has 2 rings (SSSR count). The van der Waals surface area contributed by atoms with Gasteiger partial charge in [0.2, 0.25) is 0 Å². The highest BCUT2D eigenvalue weighted by Gasteiger charge is 2.31. The third-order valence-corrected chi connectivity index (χ3v) is 5.09. The zero-order valence-electron chi connectivity index (χ0n) is 13.5. The first-order valence-corrected chi connectivity index (χ1v) is 8.76. The van der Waals surface area contributed by atoms with E-state index in [-0.39, 0.29) is 12.1 Å². The van der Waals surface area contributed by atoms with E-state index in [1.165, 1.54) is 64.6 Å². The second-order valence-corrected chi connectivity index (χ2v) is 7.31. The van der Waals surface area contributed by atoms with E-state index in [9.17, 15) is 5.11 Å². The molecule has 3 heteroatoms. The highest BCUT2D eigenvalue weighted by atomic mass is 16.3. The molecule has 0 aromatic heterocycles. The summed E-state index contributed by atoms with van der Waals surface area (Å²) < 4.78 is 0. The van der Waals surface area contributed by atoms with E-state index in [0.717, 1.165) is 12.3 Å². The van der Waals surface area contributed by atoms with Crippen LogP contribution in [0.2, 0.25) is 0 Å². The fourth-order valence-electron chi connectivity index (χ4n) is 3.52. The number of hydrogen-bond acceptors (Lipinski definition) is 3. The second-order valence-electron chi connectivity index (χ2n) is 7.31. The van der Waals surface area contributed by atoms with Crippen molar-refractivity contribution in [3.05, 3.63) is 0 Å². The van der Waals surface area contributed by atoms with Crippen LogP contribution in [0.4, 0.5) is 0 Å². The van der Waals surface area contributed by atoms with E-state index in [0.29, 0.717) is 6.04 Å². The Labute approximate surface area is 125 Å². The molecule has 1 saturated heterocycles.